The molecule has 2 heterocycles. The van der Waals surface area contributed by atoms with Gasteiger partial charge in [-0.15, -0.1) is 11.3 Å². The Balaban J connectivity index is 1.53. The zero-order valence-electron chi connectivity index (χ0n) is 13.8. The molecule has 0 unspecified atom stereocenters. The number of carbonyl (C=O) groups excluding carboxylic acids is 1. The fourth-order valence-corrected chi connectivity index (χ4v) is 3.64. The average molecular weight is 372 g/mol. The predicted molar refractivity (Wildman–Crippen MR) is 102 cm³/mol. The molecule has 0 spiro atoms. The van der Waals surface area contributed by atoms with Gasteiger partial charge in [0.2, 0.25) is 5.91 Å². The first-order valence-corrected chi connectivity index (χ1v) is 9.19. The van der Waals surface area contributed by atoms with Crippen LogP contribution in [0.2, 0.25) is 5.02 Å². The molecule has 128 valence electrons. The van der Waals surface area contributed by atoms with Gasteiger partial charge in [-0.05, 0) is 36.8 Å². The lowest BCUT2D eigenvalue weighted by Crippen LogP contribution is -2.27. The van der Waals surface area contributed by atoms with Crippen molar-refractivity contribution >= 4 is 28.8 Å². The van der Waals surface area contributed by atoms with Crippen LogP contribution in [0.4, 0.5) is 0 Å². The highest BCUT2D eigenvalue weighted by Crippen LogP contribution is 2.27. The number of hydrogen-bond acceptors (Lipinski definition) is 4. The standard InChI is InChI=1S/C19H18ClN3OS/c1-13-17(25-19(23-13)15-6-9-21-10-7-15)8-11-22-18(24)12-14-2-4-16(20)5-3-14/h2-7,9-10H,8,11-12H2,1H3,(H,22,24). The number of aryl methyl sites for hydroxylation is 1. The van der Waals surface area contributed by atoms with Gasteiger partial charge in [0.25, 0.3) is 0 Å². The summed E-state index contributed by atoms with van der Waals surface area (Å²) in [5.74, 6) is 0.0128. The summed E-state index contributed by atoms with van der Waals surface area (Å²) in [6.07, 6.45) is 4.67. The molecule has 0 aliphatic carbocycles. The first-order valence-electron chi connectivity index (χ1n) is 7.99. The molecule has 6 heteroatoms. The van der Waals surface area contributed by atoms with Gasteiger partial charge in [0.1, 0.15) is 5.01 Å². The quantitative estimate of drug-likeness (QED) is 0.710. The van der Waals surface area contributed by atoms with Gasteiger partial charge < -0.3 is 5.32 Å². The van der Waals surface area contributed by atoms with Crippen molar-refractivity contribution in [2.75, 3.05) is 6.54 Å². The van der Waals surface area contributed by atoms with Crippen molar-refractivity contribution in [2.45, 2.75) is 19.8 Å². The summed E-state index contributed by atoms with van der Waals surface area (Å²) in [6, 6.07) is 11.2. The van der Waals surface area contributed by atoms with E-state index in [1.54, 1.807) is 35.9 Å². The van der Waals surface area contributed by atoms with E-state index in [9.17, 15) is 4.79 Å². The molecule has 1 amide bonds. The summed E-state index contributed by atoms with van der Waals surface area (Å²) < 4.78 is 0. The number of carbonyl (C=O) groups is 1. The second-order valence-electron chi connectivity index (χ2n) is 5.67. The van der Waals surface area contributed by atoms with Crippen LogP contribution in [-0.2, 0) is 17.6 Å². The molecule has 0 aliphatic rings. The van der Waals surface area contributed by atoms with Gasteiger partial charge >= 0.3 is 0 Å². The highest BCUT2D eigenvalue weighted by atomic mass is 35.5. The Hall–Kier alpha value is -2.24. The summed E-state index contributed by atoms with van der Waals surface area (Å²) in [6.45, 7) is 2.61. The maximum Gasteiger partial charge on any atom is 0.224 e. The first kappa shape index (κ1) is 17.6. The van der Waals surface area contributed by atoms with Gasteiger partial charge in [-0.1, -0.05) is 23.7 Å². The Morgan fingerprint density at radius 3 is 2.60 bits per heavy atom. The van der Waals surface area contributed by atoms with E-state index in [2.05, 4.69) is 15.3 Å². The Kier molecular flexibility index (Phi) is 5.79. The minimum Gasteiger partial charge on any atom is -0.355 e. The molecule has 0 radical (unpaired) electrons. The third-order valence-corrected chi connectivity index (χ3v) is 5.29. The number of nitrogens with one attached hydrogen (secondary N) is 1. The molecule has 1 N–H and O–H groups in total. The molecule has 3 aromatic rings. The molecule has 0 bridgehead atoms. The van der Waals surface area contributed by atoms with Crippen LogP contribution in [-0.4, -0.2) is 22.4 Å². The molecule has 0 fully saturated rings. The van der Waals surface area contributed by atoms with Crippen molar-refractivity contribution in [1.82, 2.24) is 15.3 Å². The van der Waals surface area contributed by atoms with Crippen molar-refractivity contribution in [1.29, 1.82) is 0 Å². The molecule has 4 nitrogen and oxygen atoms in total. The molecule has 2 aromatic heterocycles. The minimum absolute atomic E-state index is 0.0128. The van der Waals surface area contributed by atoms with Gasteiger partial charge in [-0.2, -0.15) is 0 Å². The Morgan fingerprint density at radius 2 is 1.88 bits per heavy atom. The van der Waals surface area contributed by atoms with E-state index in [4.69, 9.17) is 11.6 Å². The monoisotopic (exact) mass is 371 g/mol. The van der Waals surface area contributed by atoms with Crippen LogP contribution < -0.4 is 5.32 Å². The number of benzene rings is 1. The van der Waals surface area contributed by atoms with Crippen LogP contribution in [0.1, 0.15) is 16.1 Å². The lowest BCUT2D eigenvalue weighted by molar-refractivity contribution is -0.120. The number of halogens is 1. The normalized spacial score (nSPS) is 10.6. The maximum absolute atomic E-state index is 12.0. The zero-order valence-corrected chi connectivity index (χ0v) is 15.4. The fourth-order valence-electron chi connectivity index (χ4n) is 2.44. The van der Waals surface area contributed by atoms with Crippen LogP contribution in [0.25, 0.3) is 10.6 Å². The summed E-state index contributed by atoms with van der Waals surface area (Å²) in [5, 5.41) is 4.63. The van der Waals surface area contributed by atoms with Gasteiger partial charge in [0.05, 0.1) is 12.1 Å². The van der Waals surface area contributed by atoms with Crippen LogP contribution in [0.3, 0.4) is 0 Å². The number of hydrogen-bond donors (Lipinski definition) is 1. The van der Waals surface area contributed by atoms with Crippen molar-refractivity contribution < 1.29 is 4.79 Å². The third-order valence-electron chi connectivity index (χ3n) is 3.77. The van der Waals surface area contributed by atoms with E-state index in [1.807, 2.05) is 31.2 Å². The smallest absolute Gasteiger partial charge is 0.224 e. The highest BCUT2D eigenvalue weighted by Gasteiger charge is 2.10. The number of thiazole rings is 1. The Labute approximate surface area is 155 Å². The number of pyridine rings is 1. The number of aromatic nitrogens is 2. The molecule has 1 aromatic carbocycles. The van der Waals surface area contributed by atoms with E-state index in [1.165, 1.54) is 4.88 Å². The van der Waals surface area contributed by atoms with Crippen molar-refractivity contribution in [3.63, 3.8) is 0 Å². The summed E-state index contributed by atoms with van der Waals surface area (Å²) in [5.41, 5.74) is 3.04. The minimum atomic E-state index is 0.0128. The Morgan fingerprint density at radius 1 is 1.16 bits per heavy atom. The molecule has 0 saturated carbocycles. The first-order chi connectivity index (χ1) is 12.1. The van der Waals surface area contributed by atoms with Crippen LogP contribution in [0.15, 0.2) is 48.8 Å². The summed E-state index contributed by atoms with van der Waals surface area (Å²) in [4.78, 5) is 21.9. The lowest BCUT2D eigenvalue weighted by atomic mass is 10.1. The molecular weight excluding hydrogens is 354 g/mol. The van der Waals surface area contributed by atoms with E-state index in [0.29, 0.717) is 18.0 Å². The van der Waals surface area contributed by atoms with Gasteiger partial charge in [0, 0.05) is 40.8 Å². The van der Waals surface area contributed by atoms with E-state index in [0.717, 1.165) is 28.2 Å². The second kappa shape index (κ2) is 8.23. The van der Waals surface area contributed by atoms with Crippen LogP contribution in [0, 0.1) is 6.92 Å². The van der Waals surface area contributed by atoms with Crippen molar-refractivity contribution in [2.24, 2.45) is 0 Å². The molecule has 0 aliphatic heterocycles. The fraction of sp³-hybridized carbons (Fsp3) is 0.211. The van der Waals surface area contributed by atoms with E-state index in [-0.39, 0.29) is 5.91 Å². The second-order valence-corrected chi connectivity index (χ2v) is 7.19. The average Bonchev–Trinajstić information content (AvgIpc) is 2.99. The molecule has 0 atom stereocenters. The third kappa shape index (κ3) is 4.87. The van der Waals surface area contributed by atoms with Crippen LogP contribution >= 0.6 is 22.9 Å². The largest absolute Gasteiger partial charge is 0.355 e. The summed E-state index contributed by atoms with van der Waals surface area (Å²) in [7, 11) is 0. The zero-order chi connectivity index (χ0) is 17.6. The number of amides is 1. The molecule has 25 heavy (non-hydrogen) atoms. The lowest BCUT2D eigenvalue weighted by Gasteiger charge is -2.05. The van der Waals surface area contributed by atoms with Crippen LogP contribution in [0.5, 0.6) is 0 Å². The topological polar surface area (TPSA) is 54.9 Å². The Bertz CT molecular complexity index is 847. The van der Waals surface area contributed by atoms with Gasteiger partial charge in [-0.25, -0.2) is 4.98 Å². The van der Waals surface area contributed by atoms with Crippen molar-refractivity contribution in [3.05, 3.63) is 69.9 Å². The number of nitrogens with zero attached hydrogens (tertiary/aromatic N) is 2. The van der Waals surface area contributed by atoms with Gasteiger partial charge in [0.15, 0.2) is 0 Å². The van der Waals surface area contributed by atoms with Gasteiger partial charge in [-0.3, -0.25) is 9.78 Å². The molecule has 3 rings (SSSR count). The molecule has 0 saturated heterocycles. The number of rotatable bonds is 6. The van der Waals surface area contributed by atoms with E-state index >= 15 is 0 Å². The van der Waals surface area contributed by atoms with Crippen molar-refractivity contribution in [3.8, 4) is 10.6 Å². The van der Waals surface area contributed by atoms with E-state index < -0.39 is 0 Å². The highest BCUT2D eigenvalue weighted by molar-refractivity contribution is 7.15. The SMILES string of the molecule is Cc1nc(-c2ccncc2)sc1CCNC(=O)Cc1ccc(Cl)cc1. The summed E-state index contributed by atoms with van der Waals surface area (Å²) >= 11 is 7.52. The maximum atomic E-state index is 12.0. The predicted octanol–water partition coefficient (Wildman–Crippen LogP) is 4.07. The molecular formula is C19H18ClN3OS.